The van der Waals surface area contributed by atoms with Crippen LogP contribution in [-0.4, -0.2) is 25.4 Å². The summed E-state index contributed by atoms with van der Waals surface area (Å²) in [4.78, 5) is 11.3. The summed E-state index contributed by atoms with van der Waals surface area (Å²) < 4.78 is 16.5. The number of methoxy groups -OCH3 is 1. The predicted molar refractivity (Wildman–Crippen MR) is 119 cm³/mol. The zero-order valence-corrected chi connectivity index (χ0v) is 18.2. The number of hydrogen-bond donors (Lipinski definition) is 1. The highest BCUT2D eigenvalue weighted by atomic mass is 16.5. The van der Waals surface area contributed by atoms with Crippen molar-refractivity contribution in [3.63, 3.8) is 0 Å². The van der Waals surface area contributed by atoms with Crippen LogP contribution in [0.1, 0.15) is 57.2 Å². The Bertz CT molecular complexity index is 856. The summed E-state index contributed by atoms with van der Waals surface area (Å²) in [6.07, 6.45) is 5.20. The number of amides is 1. The van der Waals surface area contributed by atoms with Crippen LogP contribution in [-0.2, 0) is 4.74 Å². The standard InChI is InChI=1S/C25H31NO4/c1-17(2)29-22-10-5-19(6-11-22)15-20-7-12-24(16-20)30-23-13-8-21(9-14-23)18(3)26-25(27)28-4/h5-6,8-11,13-15,17-18,24H,7,12,16H2,1-4H3,(H,26,27). The van der Waals surface area contributed by atoms with Crippen LogP contribution in [0.25, 0.3) is 6.08 Å². The molecule has 5 heteroatoms. The molecule has 0 saturated heterocycles. The largest absolute Gasteiger partial charge is 0.491 e. The average Bonchev–Trinajstić information content (AvgIpc) is 3.16. The maximum Gasteiger partial charge on any atom is 0.407 e. The first-order valence-corrected chi connectivity index (χ1v) is 10.5. The molecule has 0 heterocycles. The van der Waals surface area contributed by atoms with E-state index in [0.717, 1.165) is 36.3 Å². The van der Waals surface area contributed by atoms with Crippen LogP contribution >= 0.6 is 0 Å². The molecule has 1 aliphatic rings. The Kier molecular flexibility index (Phi) is 7.39. The van der Waals surface area contributed by atoms with Gasteiger partial charge in [0.25, 0.3) is 0 Å². The van der Waals surface area contributed by atoms with Gasteiger partial charge in [-0.3, -0.25) is 0 Å². The number of ether oxygens (including phenoxy) is 3. The van der Waals surface area contributed by atoms with Crippen molar-refractivity contribution >= 4 is 12.2 Å². The van der Waals surface area contributed by atoms with E-state index in [-0.39, 0.29) is 18.2 Å². The molecule has 2 aromatic carbocycles. The monoisotopic (exact) mass is 409 g/mol. The lowest BCUT2D eigenvalue weighted by atomic mass is 10.1. The van der Waals surface area contributed by atoms with E-state index in [9.17, 15) is 4.79 Å². The number of benzene rings is 2. The lowest BCUT2D eigenvalue weighted by molar-refractivity contribution is 0.167. The number of nitrogens with one attached hydrogen (secondary N) is 1. The van der Waals surface area contributed by atoms with Gasteiger partial charge < -0.3 is 19.5 Å². The van der Waals surface area contributed by atoms with Gasteiger partial charge >= 0.3 is 6.09 Å². The molecule has 2 unspecified atom stereocenters. The smallest absolute Gasteiger partial charge is 0.407 e. The van der Waals surface area contributed by atoms with Crippen LogP contribution in [0.3, 0.4) is 0 Å². The van der Waals surface area contributed by atoms with Crippen molar-refractivity contribution in [3.8, 4) is 11.5 Å². The number of hydrogen-bond acceptors (Lipinski definition) is 4. The van der Waals surface area contributed by atoms with E-state index in [1.807, 2.05) is 57.2 Å². The maximum atomic E-state index is 11.3. The van der Waals surface area contributed by atoms with Gasteiger partial charge in [-0.15, -0.1) is 0 Å². The molecule has 0 aliphatic heterocycles. The third-order valence-electron chi connectivity index (χ3n) is 5.10. The molecule has 0 spiro atoms. The fourth-order valence-electron chi connectivity index (χ4n) is 3.57. The van der Waals surface area contributed by atoms with Crippen molar-refractivity contribution in [2.24, 2.45) is 0 Å². The SMILES string of the molecule is COC(=O)NC(C)c1ccc(OC2CCC(=Cc3ccc(OC(C)C)cc3)C2)cc1. The van der Waals surface area contributed by atoms with E-state index in [4.69, 9.17) is 9.47 Å². The van der Waals surface area contributed by atoms with Gasteiger partial charge in [0, 0.05) is 6.42 Å². The van der Waals surface area contributed by atoms with Crippen LogP contribution in [0.15, 0.2) is 54.1 Å². The number of carbonyl (C=O) groups excluding carboxylic acids is 1. The number of carbonyl (C=O) groups is 1. The maximum absolute atomic E-state index is 11.3. The molecule has 30 heavy (non-hydrogen) atoms. The molecule has 160 valence electrons. The van der Waals surface area contributed by atoms with Crippen molar-refractivity contribution in [1.82, 2.24) is 5.32 Å². The Morgan fingerprint density at radius 2 is 1.70 bits per heavy atom. The summed E-state index contributed by atoms with van der Waals surface area (Å²) in [5.74, 6) is 1.75. The molecule has 0 bridgehead atoms. The number of rotatable bonds is 7. The van der Waals surface area contributed by atoms with Gasteiger partial charge in [0.05, 0.1) is 19.3 Å². The van der Waals surface area contributed by atoms with Gasteiger partial charge in [-0.2, -0.15) is 0 Å². The van der Waals surface area contributed by atoms with Crippen LogP contribution in [0.5, 0.6) is 11.5 Å². The second-order valence-corrected chi connectivity index (χ2v) is 7.95. The quantitative estimate of drug-likeness (QED) is 0.618. The summed E-state index contributed by atoms with van der Waals surface area (Å²) >= 11 is 0. The highest BCUT2D eigenvalue weighted by molar-refractivity contribution is 5.67. The van der Waals surface area contributed by atoms with E-state index in [1.165, 1.54) is 18.2 Å². The second-order valence-electron chi connectivity index (χ2n) is 7.95. The molecular weight excluding hydrogens is 378 g/mol. The highest BCUT2D eigenvalue weighted by Gasteiger charge is 2.21. The molecule has 0 radical (unpaired) electrons. The fourth-order valence-corrected chi connectivity index (χ4v) is 3.57. The van der Waals surface area contributed by atoms with E-state index < -0.39 is 6.09 Å². The van der Waals surface area contributed by atoms with Crippen molar-refractivity contribution in [1.29, 1.82) is 0 Å². The minimum Gasteiger partial charge on any atom is -0.491 e. The zero-order chi connectivity index (χ0) is 21.5. The lowest BCUT2D eigenvalue weighted by Crippen LogP contribution is -2.26. The molecule has 1 amide bonds. The summed E-state index contributed by atoms with van der Waals surface area (Å²) in [7, 11) is 1.36. The molecule has 5 nitrogen and oxygen atoms in total. The first-order valence-electron chi connectivity index (χ1n) is 10.5. The Balaban J connectivity index is 1.53. The van der Waals surface area contributed by atoms with Gasteiger partial charge in [0.1, 0.15) is 17.6 Å². The predicted octanol–water partition coefficient (Wildman–Crippen LogP) is 5.91. The van der Waals surface area contributed by atoms with Gasteiger partial charge in [-0.25, -0.2) is 4.79 Å². The lowest BCUT2D eigenvalue weighted by Gasteiger charge is -2.16. The van der Waals surface area contributed by atoms with Crippen molar-refractivity contribution in [2.75, 3.05) is 7.11 Å². The molecule has 1 fully saturated rings. The summed E-state index contributed by atoms with van der Waals surface area (Å²) in [5, 5.41) is 2.76. The van der Waals surface area contributed by atoms with Crippen LogP contribution in [0, 0.1) is 0 Å². The van der Waals surface area contributed by atoms with Crippen molar-refractivity contribution in [3.05, 3.63) is 65.2 Å². The Labute approximate surface area is 179 Å². The van der Waals surface area contributed by atoms with Gasteiger partial charge in [-0.05, 0) is 69.0 Å². The Hall–Kier alpha value is -2.95. The van der Waals surface area contributed by atoms with Gasteiger partial charge in [0.2, 0.25) is 0 Å². The average molecular weight is 410 g/mol. The van der Waals surface area contributed by atoms with Gasteiger partial charge in [-0.1, -0.05) is 35.9 Å². The second kappa shape index (κ2) is 10.2. The molecule has 1 N–H and O–H groups in total. The first kappa shape index (κ1) is 21.8. The highest BCUT2D eigenvalue weighted by Crippen LogP contribution is 2.31. The van der Waals surface area contributed by atoms with E-state index in [2.05, 4.69) is 28.3 Å². The van der Waals surface area contributed by atoms with Crippen LogP contribution in [0.4, 0.5) is 4.79 Å². The molecule has 1 aliphatic carbocycles. The summed E-state index contributed by atoms with van der Waals surface area (Å²) in [6, 6.07) is 16.0. The first-order chi connectivity index (χ1) is 14.4. The number of alkyl carbamates (subject to hydrolysis) is 1. The van der Waals surface area contributed by atoms with Crippen LogP contribution in [0.2, 0.25) is 0 Å². The zero-order valence-electron chi connectivity index (χ0n) is 18.2. The van der Waals surface area contributed by atoms with E-state index in [1.54, 1.807) is 0 Å². The molecular formula is C25H31NO4. The minimum atomic E-state index is -0.435. The summed E-state index contributed by atoms with van der Waals surface area (Å²) in [6.45, 7) is 5.98. The topological polar surface area (TPSA) is 56.8 Å². The van der Waals surface area contributed by atoms with Crippen LogP contribution < -0.4 is 14.8 Å². The van der Waals surface area contributed by atoms with E-state index in [0.29, 0.717) is 0 Å². The van der Waals surface area contributed by atoms with Crippen molar-refractivity contribution < 1.29 is 19.0 Å². The molecule has 1 saturated carbocycles. The van der Waals surface area contributed by atoms with Gasteiger partial charge in [0.15, 0.2) is 0 Å². The Morgan fingerprint density at radius 1 is 1.03 bits per heavy atom. The summed E-state index contributed by atoms with van der Waals surface area (Å²) in [5.41, 5.74) is 3.60. The fraction of sp³-hybridized carbons (Fsp3) is 0.400. The third-order valence-corrected chi connectivity index (χ3v) is 5.10. The van der Waals surface area contributed by atoms with Crippen molar-refractivity contribution in [2.45, 2.75) is 58.3 Å². The third kappa shape index (κ3) is 6.28. The Morgan fingerprint density at radius 3 is 2.33 bits per heavy atom. The molecule has 3 rings (SSSR count). The minimum absolute atomic E-state index is 0.121. The normalized spacial score (nSPS) is 18.3. The molecule has 2 atom stereocenters. The molecule has 2 aromatic rings. The van der Waals surface area contributed by atoms with E-state index >= 15 is 0 Å². The molecule has 0 aromatic heterocycles.